The molecule has 0 radical (unpaired) electrons. The van der Waals surface area contributed by atoms with Crippen molar-refractivity contribution in [3.63, 3.8) is 0 Å². The van der Waals surface area contributed by atoms with Crippen LogP contribution in [0.15, 0.2) is 34.8 Å². The first-order valence-electron chi connectivity index (χ1n) is 9.54. The zero-order valence-corrected chi connectivity index (χ0v) is 17.9. The van der Waals surface area contributed by atoms with Crippen LogP contribution in [-0.4, -0.2) is 35.4 Å². The molecule has 0 bridgehead atoms. The normalized spacial score (nSPS) is 17.5. The van der Waals surface area contributed by atoms with E-state index < -0.39 is 5.41 Å². The second-order valence-corrected chi connectivity index (χ2v) is 8.54. The third kappa shape index (κ3) is 4.61. The fourth-order valence-corrected chi connectivity index (χ4v) is 4.06. The van der Waals surface area contributed by atoms with Crippen molar-refractivity contribution in [1.82, 2.24) is 15.1 Å². The third-order valence-corrected chi connectivity index (χ3v) is 5.91. The van der Waals surface area contributed by atoms with Gasteiger partial charge in [-0.25, -0.2) is 0 Å². The molecule has 2 aromatic rings. The number of nitrogens with zero attached hydrogens (tertiary/aromatic N) is 2. The SMILES string of the molecule is Cc1cc(C)n(CC(C)CNC(=O)C2(c3ccc(Br)cc3)CCOCC2)n1. The second-order valence-electron chi connectivity index (χ2n) is 7.63. The van der Waals surface area contributed by atoms with E-state index >= 15 is 0 Å². The van der Waals surface area contributed by atoms with Gasteiger partial charge in [-0.3, -0.25) is 9.48 Å². The highest BCUT2D eigenvalue weighted by molar-refractivity contribution is 9.10. The number of benzene rings is 1. The molecule has 6 heteroatoms. The first-order chi connectivity index (χ1) is 12.9. The summed E-state index contributed by atoms with van der Waals surface area (Å²) >= 11 is 3.48. The lowest BCUT2D eigenvalue weighted by Gasteiger charge is -2.36. The Morgan fingerprint density at radius 1 is 1.30 bits per heavy atom. The van der Waals surface area contributed by atoms with Crippen LogP contribution < -0.4 is 5.32 Å². The summed E-state index contributed by atoms with van der Waals surface area (Å²) in [7, 11) is 0. The summed E-state index contributed by atoms with van der Waals surface area (Å²) in [6.07, 6.45) is 1.43. The summed E-state index contributed by atoms with van der Waals surface area (Å²) < 4.78 is 8.58. The van der Waals surface area contributed by atoms with Crippen molar-refractivity contribution >= 4 is 21.8 Å². The number of carbonyl (C=O) groups excluding carboxylic acids is 1. The fraction of sp³-hybridized carbons (Fsp3) is 0.524. The highest BCUT2D eigenvalue weighted by Crippen LogP contribution is 2.35. The van der Waals surface area contributed by atoms with Crippen LogP contribution in [0.5, 0.6) is 0 Å². The van der Waals surface area contributed by atoms with Crippen molar-refractivity contribution < 1.29 is 9.53 Å². The molecular formula is C21H28BrN3O2. The first kappa shape index (κ1) is 20.1. The van der Waals surface area contributed by atoms with Crippen LogP contribution in [-0.2, 0) is 21.5 Å². The van der Waals surface area contributed by atoms with Crippen molar-refractivity contribution in [1.29, 1.82) is 0 Å². The Balaban J connectivity index is 1.67. The maximum atomic E-state index is 13.2. The molecule has 2 heterocycles. The molecule has 1 saturated heterocycles. The van der Waals surface area contributed by atoms with Gasteiger partial charge in [-0.1, -0.05) is 35.0 Å². The molecule has 1 atom stereocenters. The molecule has 5 nitrogen and oxygen atoms in total. The predicted molar refractivity (Wildman–Crippen MR) is 110 cm³/mol. The van der Waals surface area contributed by atoms with Crippen LogP contribution >= 0.6 is 15.9 Å². The molecule has 1 aromatic heterocycles. The van der Waals surface area contributed by atoms with Crippen LogP contribution in [0, 0.1) is 19.8 Å². The largest absolute Gasteiger partial charge is 0.381 e. The fourth-order valence-electron chi connectivity index (χ4n) is 3.79. The van der Waals surface area contributed by atoms with Gasteiger partial charge in [0.1, 0.15) is 0 Å². The molecule has 0 aliphatic carbocycles. The number of aryl methyl sites for hydroxylation is 2. The maximum absolute atomic E-state index is 13.2. The standard InChI is InChI=1S/C21H28BrN3O2/c1-15(14-25-17(3)12-16(2)24-25)13-23-20(26)21(8-10-27-11-9-21)18-4-6-19(22)7-5-18/h4-7,12,15H,8-11,13-14H2,1-3H3,(H,23,26). The van der Waals surface area contributed by atoms with E-state index in [9.17, 15) is 4.79 Å². The summed E-state index contributed by atoms with van der Waals surface area (Å²) in [5.74, 6) is 0.405. The van der Waals surface area contributed by atoms with Gasteiger partial charge in [0.25, 0.3) is 0 Å². The molecule has 1 N–H and O–H groups in total. The zero-order chi connectivity index (χ0) is 19.4. The summed E-state index contributed by atoms with van der Waals surface area (Å²) in [5, 5.41) is 7.72. The quantitative estimate of drug-likeness (QED) is 0.753. The van der Waals surface area contributed by atoms with Gasteiger partial charge in [-0.15, -0.1) is 0 Å². The molecule has 1 aliphatic heterocycles. The van der Waals surface area contributed by atoms with Crippen molar-refractivity contribution in [3.8, 4) is 0 Å². The van der Waals surface area contributed by atoms with Crippen molar-refractivity contribution in [2.24, 2.45) is 5.92 Å². The lowest BCUT2D eigenvalue weighted by atomic mass is 9.73. The highest BCUT2D eigenvalue weighted by atomic mass is 79.9. The van der Waals surface area contributed by atoms with E-state index in [2.05, 4.69) is 46.3 Å². The number of hydrogen-bond donors (Lipinski definition) is 1. The Hall–Kier alpha value is -1.66. The van der Waals surface area contributed by atoms with Crippen molar-refractivity contribution in [2.45, 2.75) is 45.6 Å². The van der Waals surface area contributed by atoms with E-state index in [1.165, 1.54) is 0 Å². The maximum Gasteiger partial charge on any atom is 0.230 e. The minimum atomic E-state index is -0.503. The predicted octanol–water partition coefficient (Wildman–Crippen LogP) is 3.76. The minimum absolute atomic E-state index is 0.105. The van der Waals surface area contributed by atoms with Gasteiger partial charge in [-0.2, -0.15) is 5.10 Å². The molecule has 1 aromatic carbocycles. The summed E-state index contributed by atoms with van der Waals surface area (Å²) in [6.45, 7) is 8.88. The van der Waals surface area contributed by atoms with E-state index in [0.29, 0.717) is 38.5 Å². The minimum Gasteiger partial charge on any atom is -0.381 e. The molecule has 3 rings (SSSR count). The number of amides is 1. The highest BCUT2D eigenvalue weighted by Gasteiger charge is 2.41. The van der Waals surface area contributed by atoms with Crippen LogP contribution in [0.1, 0.15) is 36.7 Å². The van der Waals surface area contributed by atoms with Crippen LogP contribution in [0.4, 0.5) is 0 Å². The topological polar surface area (TPSA) is 56.2 Å². The Kier molecular flexibility index (Phi) is 6.37. The average Bonchev–Trinajstić information content (AvgIpc) is 2.97. The van der Waals surface area contributed by atoms with Gasteiger partial charge in [0.2, 0.25) is 5.91 Å². The van der Waals surface area contributed by atoms with E-state index in [0.717, 1.165) is 28.0 Å². The molecule has 0 spiro atoms. The number of rotatable bonds is 6. The van der Waals surface area contributed by atoms with Gasteiger partial charge < -0.3 is 10.1 Å². The number of nitrogens with one attached hydrogen (secondary N) is 1. The first-order valence-corrected chi connectivity index (χ1v) is 10.3. The number of carbonyl (C=O) groups is 1. The smallest absolute Gasteiger partial charge is 0.230 e. The van der Waals surface area contributed by atoms with Crippen LogP contribution in [0.2, 0.25) is 0 Å². The molecule has 146 valence electrons. The second kappa shape index (κ2) is 8.57. The van der Waals surface area contributed by atoms with E-state index in [-0.39, 0.29) is 5.91 Å². The summed E-state index contributed by atoms with van der Waals surface area (Å²) in [5.41, 5.74) is 2.75. The summed E-state index contributed by atoms with van der Waals surface area (Å²) in [4.78, 5) is 13.2. The Labute approximate surface area is 169 Å². The Bertz CT molecular complexity index is 779. The van der Waals surface area contributed by atoms with E-state index in [4.69, 9.17) is 4.74 Å². The molecular weight excluding hydrogens is 406 g/mol. The molecule has 1 aliphatic rings. The molecule has 27 heavy (non-hydrogen) atoms. The molecule has 1 unspecified atom stereocenters. The van der Waals surface area contributed by atoms with Crippen molar-refractivity contribution in [3.05, 3.63) is 51.8 Å². The van der Waals surface area contributed by atoms with E-state index in [1.807, 2.05) is 35.9 Å². The van der Waals surface area contributed by atoms with Crippen LogP contribution in [0.25, 0.3) is 0 Å². The van der Waals surface area contributed by atoms with Gasteiger partial charge in [0.15, 0.2) is 0 Å². The monoisotopic (exact) mass is 433 g/mol. The van der Waals surface area contributed by atoms with Gasteiger partial charge >= 0.3 is 0 Å². The average molecular weight is 434 g/mol. The van der Waals surface area contributed by atoms with Gasteiger partial charge in [-0.05, 0) is 56.4 Å². The lowest BCUT2D eigenvalue weighted by Crippen LogP contribution is -2.49. The third-order valence-electron chi connectivity index (χ3n) is 5.38. The number of hydrogen-bond acceptors (Lipinski definition) is 3. The van der Waals surface area contributed by atoms with Gasteiger partial charge in [0, 0.05) is 36.5 Å². The summed E-state index contributed by atoms with van der Waals surface area (Å²) in [6, 6.07) is 10.2. The Morgan fingerprint density at radius 2 is 1.96 bits per heavy atom. The Morgan fingerprint density at radius 3 is 2.56 bits per heavy atom. The number of aromatic nitrogens is 2. The van der Waals surface area contributed by atoms with Crippen LogP contribution in [0.3, 0.4) is 0 Å². The molecule has 1 amide bonds. The molecule has 1 fully saturated rings. The van der Waals surface area contributed by atoms with E-state index in [1.54, 1.807) is 0 Å². The number of halogens is 1. The lowest BCUT2D eigenvalue weighted by molar-refractivity contribution is -0.130. The number of ether oxygens (including phenoxy) is 1. The molecule has 0 saturated carbocycles. The zero-order valence-electron chi connectivity index (χ0n) is 16.3. The van der Waals surface area contributed by atoms with Gasteiger partial charge in [0.05, 0.1) is 11.1 Å². The van der Waals surface area contributed by atoms with Crippen molar-refractivity contribution in [2.75, 3.05) is 19.8 Å².